The van der Waals surface area contributed by atoms with Crippen LogP contribution in [0.5, 0.6) is 0 Å². The van der Waals surface area contributed by atoms with Crippen LogP contribution in [0, 0.1) is 0 Å². The number of piperazine rings is 1. The summed E-state index contributed by atoms with van der Waals surface area (Å²) in [5.74, 6) is 0. The van der Waals surface area contributed by atoms with Gasteiger partial charge < -0.3 is 10.6 Å². The minimum Gasteiger partial charge on any atom is -0.369 e. The van der Waals surface area contributed by atoms with Crippen LogP contribution in [-0.4, -0.2) is 43.2 Å². The van der Waals surface area contributed by atoms with Crippen molar-refractivity contribution < 1.29 is 0 Å². The first-order valence-electron chi connectivity index (χ1n) is 8.04. The molecule has 0 aromatic heterocycles. The predicted octanol–water partition coefficient (Wildman–Crippen LogP) is 3.15. The molecule has 2 N–H and O–H groups in total. The number of anilines is 1. The van der Waals surface area contributed by atoms with Crippen molar-refractivity contribution >= 4 is 17.3 Å². The monoisotopic (exact) mass is 309 g/mol. The van der Waals surface area contributed by atoms with Crippen LogP contribution < -0.4 is 10.6 Å². The topological polar surface area (TPSA) is 32.5 Å². The van der Waals surface area contributed by atoms with E-state index in [9.17, 15) is 0 Å². The van der Waals surface area contributed by atoms with Crippen molar-refractivity contribution in [1.29, 1.82) is 0 Å². The lowest BCUT2D eigenvalue weighted by Crippen LogP contribution is -2.49. The molecular formula is C17H28ClN3. The maximum Gasteiger partial charge on any atom is 0.0426 e. The Kier molecular flexibility index (Phi) is 5.91. The zero-order valence-electron chi connectivity index (χ0n) is 13.5. The molecule has 4 heteroatoms. The Balaban J connectivity index is 2.13. The first-order valence-corrected chi connectivity index (χ1v) is 8.42. The number of halogens is 1. The summed E-state index contributed by atoms with van der Waals surface area (Å²) < 4.78 is 0. The summed E-state index contributed by atoms with van der Waals surface area (Å²) in [5.41, 5.74) is 8.74. The molecule has 21 heavy (non-hydrogen) atoms. The van der Waals surface area contributed by atoms with Crippen LogP contribution in [0.2, 0.25) is 5.02 Å². The third-order valence-electron chi connectivity index (χ3n) is 4.44. The number of rotatable bonds is 5. The second-order valence-corrected chi connectivity index (χ2v) is 6.70. The van der Waals surface area contributed by atoms with Crippen LogP contribution in [0.15, 0.2) is 18.2 Å². The zero-order valence-corrected chi connectivity index (χ0v) is 14.2. The molecule has 118 valence electrons. The van der Waals surface area contributed by atoms with Gasteiger partial charge in [0.2, 0.25) is 0 Å². The van der Waals surface area contributed by atoms with Gasteiger partial charge >= 0.3 is 0 Å². The fraction of sp³-hybridized carbons (Fsp3) is 0.647. The van der Waals surface area contributed by atoms with E-state index < -0.39 is 0 Å². The molecule has 1 heterocycles. The van der Waals surface area contributed by atoms with Crippen LogP contribution in [0.4, 0.5) is 5.69 Å². The minimum atomic E-state index is 0.224. The lowest BCUT2D eigenvalue weighted by atomic mass is 10.0. The SMILES string of the molecule is CCC(N)Cc1ccc(Cl)cc1N1CCN(C(C)C)CC1. The summed E-state index contributed by atoms with van der Waals surface area (Å²) >= 11 is 6.22. The van der Waals surface area contributed by atoms with Crippen molar-refractivity contribution in [3.8, 4) is 0 Å². The third-order valence-corrected chi connectivity index (χ3v) is 4.67. The van der Waals surface area contributed by atoms with Gasteiger partial charge in [0.05, 0.1) is 0 Å². The molecule has 1 saturated heterocycles. The van der Waals surface area contributed by atoms with Crippen molar-refractivity contribution in [3.63, 3.8) is 0 Å². The van der Waals surface area contributed by atoms with E-state index in [1.807, 2.05) is 6.07 Å². The molecule has 1 aromatic carbocycles. The van der Waals surface area contributed by atoms with Gasteiger partial charge in [-0.25, -0.2) is 0 Å². The predicted molar refractivity (Wildman–Crippen MR) is 92.3 cm³/mol. The van der Waals surface area contributed by atoms with Crippen molar-refractivity contribution in [1.82, 2.24) is 4.90 Å². The van der Waals surface area contributed by atoms with Gasteiger partial charge in [-0.2, -0.15) is 0 Å². The summed E-state index contributed by atoms with van der Waals surface area (Å²) in [6, 6.07) is 7.07. The van der Waals surface area contributed by atoms with Gasteiger partial charge in [0.1, 0.15) is 0 Å². The zero-order chi connectivity index (χ0) is 15.4. The molecule has 1 aliphatic heterocycles. The summed E-state index contributed by atoms with van der Waals surface area (Å²) in [6.45, 7) is 11.0. The summed E-state index contributed by atoms with van der Waals surface area (Å²) in [6.07, 6.45) is 1.93. The van der Waals surface area contributed by atoms with E-state index in [-0.39, 0.29) is 6.04 Å². The van der Waals surface area contributed by atoms with Crippen LogP contribution in [0.3, 0.4) is 0 Å². The van der Waals surface area contributed by atoms with E-state index >= 15 is 0 Å². The molecule has 3 nitrogen and oxygen atoms in total. The van der Waals surface area contributed by atoms with Crippen molar-refractivity contribution in [3.05, 3.63) is 28.8 Å². The lowest BCUT2D eigenvalue weighted by Gasteiger charge is -2.39. The number of hydrogen-bond donors (Lipinski definition) is 1. The van der Waals surface area contributed by atoms with Crippen molar-refractivity contribution in [2.75, 3.05) is 31.1 Å². The Bertz CT molecular complexity index is 453. The quantitative estimate of drug-likeness (QED) is 0.907. The minimum absolute atomic E-state index is 0.224. The third kappa shape index (κ3) is 4.35. The van der Waals surface area contributed by atoms with Gasteiger partial charge in [-0.1, -0.05) is 24.6 Å². The number of benzene rings is 1. The van der Waals surface area contributed by atoms with E-state index in [2.05, 4.69) is 42.7 Å². The molecule has 1 atom stereocenters. The first kappa shape index (κ1) is 16.6. The molecule has 0 bridgehead atoms. The average Bonchev–Trinajstić information content (AvgIpc) is 2.49. The molecule has 1 aliphatic rings. The maximum atomic E-state index is 6.22. The molecule has 0 radical (unpaired) electrons. The van der Waals surface area contributed by atoms with Gasteiger partial charge in [0.15, 0.2) is 0 Å². The number of hydrogen-bond acceptors (Lipinski definition) is 3. The van der Waals surface area contributed by atoms with Crippen LogP contribution in [-0.2, 0) is 6.42 Å². The summed E-state index contributed by atoms with van der Waals surface area (Å²) in [7, 11) is 0. The Morgan fingerprint density at radius 3 is 2.43 bits per heavy atom. The summed E-state index contributed by atoms with van der Waals surface area (Å²) in [5, 5.41) is 0.810. The Labute approximate surface area is 134 Å². The Morgan fingerprint density at radius 1 is 1.19 bits per heavy atom. The smallest absolute Gasteiger partial charge is 0.0426 e. The molecule has 1 aromatic rings. The summed E-state index contributed by atoms with van der Waals surface area (Å²) in [4.78, 5) is 4.99. The van der Waals surface area contributed by atoms with Crippen molar-refractivity contribution in [2.45, 2.75) is 45.7 Å². The van der Waals surface area contributed by atoms with Crippen molar-refractivity contribution in [2.24, 2.45) is 5.73 Å². The molecule has 2 rings (SSSR count). The fourth-order valence-corrected chi connectivity index (χ4v) is 3.08. The number of nitrogens with two attached hydrogens (primary N) is 1. The van der Waals surface area contributed by atoms with Gasteiger partial charge in [0.25, 0.3) is 0 Å². The molecule has 1 unspecified atom stereocenters. The molecule has 0 amide bonds. The van der Waals surface area contributed by atoms with Gasteiger partial charge in [-0.05, 0) is 44.4 Å². The molecule has 0 saturated carbocycles. The fourth-order valence-electron chi connectivity index (χ4n) is 2.91. The van der Waals surface area contributed by atoms with E-state index in [0.29, 0.717) is 6.04 Å². The average molecular weight is 310 g/mol. The first-order chi connectivity index (χ1) is 10.0. The van der Waals surface area contributed by atoms with E-state index in [4.69, 9.17) is 17.3 Å². The Morgan fingerprint density at radius 2 is 1.86 bits per heavy atom. The highest BCUT2D eigenvalue weighted by Crippen LogP contribution is 2.27. The van der Waals surface area contributed by atoms with Gasteiger partial charge in [-0.3, -0.25) is 4.90 Å². The van der Waals surface area contributed by atoms with E-state index in [0.717, 1.165) is 44.0 Å². The van der Waals surface area contributed by atoms with Gasteiger partial charge in [0, 0.05) is 49.0 Å². The highest BCUT2D eigenvalue weighted by molar-refractivity contribution is 6.30. The maximum absolute atomic E-state index is 6.22. The molecule has 1 fully saturated rings. The second kappa shape index (κ2) is 7.48. The highest BCUT2D eigenvalue weighted by Gasteiger charge is 2.21. The molecule has 0 spiro atoms. The number of nitrogens with zero attached hydrogens (tertiary/aromatic N) is 2. The molecule has 0 aliphatic carbocycles. The van der Waals surface area contributed by atoms with E-state index in [1.54, 1.807) is 0 Å². The molecular weight excluding hydrogens is 282 g/mol. The standard InChI is InChI=1S/C17H28ClN3/c1-4-16(19)11-14-5-6-15(18)12-17(14)21-9-7-20(8-10-21)13(2)3/h5-6,12-13,16H,4,7-11,19H2,1-3H3. The normalized spacial score (nSPS) is 18.3. The second-order valence-electron chi connectivity index (χ2n) is 6.26. The largest absolute Gasteiger partial charge is 0.369 e. The van der Waals surface area contributed by atoms with E-state index in [1.165, 1.54) is 11.3 Å². The van der Waals surface area contributed by atoms with Crippen LogP contribution in [0.25, 0.3) is 0 Å². The highest BCUT2D eigenvalue weighted by atomic mass is 35.5. The Hall–Kier alpha value is -0.770. The van der Waals surface area contributed by atoms with Crippen LogP contribution >= 0.6 is 11.6 Å². The van der Waals surface area contributed by atoms with Crippen LogP contribution in [0.1, 0.15) is 32.8 Å². The van der Waals surface area contributed by atoms with Gasteiger partial charge in [-0.15, -0.1) is 0 Å². The lowest BCUT2D eigenvalue weighted by molar-refractivity contribution is 0.209.